The van der Waals surface area contributed by atoms with Gasteiger partial charge in [0.2, 0.25) is 5.09 Å². The smallest absolute Gasteiger partial charge is 0.287 e. The van der Waals surface area contributed by atoms with E-state index in [0.29, 0.717) is 26.2 Å². The topological polar surface area (TPSA) is 97.6 Å². The van der Waals surface area contributed by atoms with E-state index < -0.39 is 21.5 Å². The summed E-state index contributed by atoms with van der Waals surface area (Å²) in [6, 6.07) is 2.61. The summed E-state index contributed by atoms with van der Waals surface area (Å²) >= 11 is 0. The van der Waals surface area contributed by atoms with Crippen molar-refractivity contribution in [3.05, 3.63) is 17.9 Å². The highest BCUT2D eigenvalue weighted by molar-refractivity contribution is 7.89. The summed E-state index contributed by atoms with van der Waals surface area (Å²) in [7, 11) is -3.78. The zero-order valence-corrected chi connectivity index (χ0v) is 14.2. The summed E-state index contributed by atoms with van der Waals surface area (Å²) in [4.78, 5) is 11.8. The first-order chi connectivity index (χ1) is 10.2. The van der Waals surface area contributed by atoms with Gasteiger partial charge >= 0.3 is 0 Å². The van der Waals surface area contributed by atoms with Gasteiger partial charge in [-0.3, -0.25) is 4.79 Å². The van der Waals surface area contributed by atoms with E-state index in [9.17, 15) is 13.2 Å². The molecule has 1 rings (SSSR count). The predicted molar refractivity (Wildman–Crippen MR) is 82.2 cm³/mol. The molecule has 0 aliphatic heterocycles. The van der Waals surface area contributed by atoms with Crippen molar-refractivity contribution >= 4 is 15.9 Å². The van der Waals surface area contributed by atoms with Crippen molar-refractivity contribution in [3.8, 4) is 0 Å². The lowest BCUT2D eigenvalue weighted by atomic mass is 10.1. The van der Waals surface area contributed by atoms with Crippen LogP contribution in [0.2, 0.25) is 0 Å². The van der Waals surface area contributed by atoms with Gasteiger partial charge in [-0.05, 0) is 46.2 Å². The van der Waals surface area contributed by atoms with Gasteiger partial charge in [-0.15, -0.1) is 0 Å². The van der Waals surface area contributed by atoms with E-state index in [2.05, 4.69) is 10.0 Å². The van der Waals surface area contributed by atoms with Gasteiger partial charge in [0.15, 0.2) is 5.76 Å². The first-order valence-corrected chi connectivity index (χ1v) is 8.64. The molecule has 1 aromatic heterocycles. The fraction of sp³-hybridized carbons (Fsp3) is 0.643. The van der Waals surface area contributed by atoms with Gasteiger partial charge in [0, 0.05) is 25.3 Å². The van der Waals surface area contributed by atoms with Crippen molar-refractivity contribution in [2.75, 3.05) is 19.8 Å². The maximum atomic E-state index is 12.1. The fourth-order valence-corrected chi connectivity index (χ4v) is 3.00. The van der Waals surface area contributed by atoms with Gasteiger partial charge in [0.05, 0.1) is 0 Å². The summed E-state index contributed by atoms with van der Waals surface area (Å²) in [6.45, 7) is 8.69. The van der Waals surface area contributed by atoms with Crippen LogP contribution in [-0.4, -0.2) is 39.6 Å². The molecule has 0 spiro atoms. The normalized spacial score (nSPS) is 12.4. The van der Waals surface area contributed by atoms with Crippen molar-refractivity contribution in [2.45, 2.75) is 44.7 Å². The van der Waals surface area contributed by atoms with E-state index in [1.807, 2.05) is 6.92 Å². The molecule has 0 bridgehead atoms. The standard InChI is InChI=1S/C14H24N2O5S/c1-5-20-10-6-9-15-13(17)11-7-8-12(21-11)22(18,19)16-14(2,3)4/h7-8,16H,5-6,9-10H2,1-4H3,(H,15,17). The van der Waals surface area contributed by atoms with Gasteiger partial charge in [-0.2, -0.15) is 0 Å². The molecule has 2 N–H and O–H groups in total. The molecule has 22 heavy (non-hydrogen) atoms. The van der Waals surface area contributed by atoms with E-state index >= 15 is 0 Å². The van der Waals surface area contributed by atoms with Crippen LogP contribution in [0.4, 0.5) is 0 Å². The molecule has 7 nitrogen and oxygen atoms in total. The monoisotopic (exact) mass is 332 g/mol. The minimum Gasteiger partial charge on any atom is -0.438 e. The number of rotatable bonds is 8. The zero-order chi connectivity index (χ0) is 16.8. The van der Waals surface area contributed by atoms with Crippen LogP contribution >= 0.6 is 0 Å². The van der Waals surface area contributed by atoms with Crippen LogP contribution in [0.3, 0.4) is 0 Å². The quantitative estimate of drug-likeness (QED) is 0.703. The van der Waals surface area contributed by atoms with E-state index in [4.69, 9.17) is 9.15 Å². The van der Waals surface area contributed by atoms with Crippen LogP contribution in [0.1, 0.15) is 44.7 Å². The maximum absolute atomic E-state index is 12.1. The molecule has 8 heteroatoms. The first kappa shape index (κ1) is 18.7. The average Bonchev–Trinajstić information content (AvgIpc) is 2.86. The van der Waals surface area contributed by atoms with Crippen LogP contribution in [-0.2, 0) is 14.8 Å². The van der Waals surface area contributed by atoms with E-state index in [1.165, 1.54) is 12.1 Å². The van der Waals surface area contributed by atoms with Crippen LogP contribution in [0, 0.1) is 0 Å². The number of ether oxygens (including phenoxy) is 1. The van der Waals surface area contributed by atoms with E-state index in [-0.39, 0.29) is 10.9 Å². The second-order valence-electron chi connectivity index (χ2n) is 5.78. The third-order valence-electron chi connectivity index (χ3n) is 2.47. The lowest BCUT2D eigenvalue weighted by molar-refractivity contribution is 0.0911. The number of sulfonamides is 1. The molecule has 1 amide bonds. The van der Waals surface area contributed by atoms with Gasteiger partial charge in [-0.25, -0.2) is 13.1 Å². The van der Waals surface area contributed by atoms with Gasteiger partial charge < -0.3 is 14.5 Å². The van der Waals surface area contributed by atoms with Crippen LogP contribution in [0.5, 0.6) is 0 Å². The molecule has 0 aliphatic carbocycles. The number of hydrogen-bond acceptors (Lipinski definition) is 5. The van der Waals surface area contributed by atoms with Gasteiger partial charge in [0.1, 0.15) is 0 Å². The Morgan fingerprint density at radius 1 is 1.32 bits per heavy atom. The Balaban J connectivity index is 2.62. The van der Waals surface area contributed by atoms with Crippen molar-refractivity contribution < 1.29 is 22.4 Å². The molecule has 0 saturated carbocycles. The van der Waals surface area contributed by atoms with Gasteiger partial charge in [0.25, 0.3) is 15.9 Å². The number of nitrogens with one attached hydrogen (secondary N) is 2. The highest BCUT2D eigenvalue weighted by Gasteiger charge is 2.26. The Morgan fingerprint density at radius 3 is 2.59 bits per heavy atom. The minimum atomic E-state index is -3.78. The van der Waals surface area contributed by atoms with Gasteiger partial charge in [-0.1, -0.05) is 0 Å². The zero-order valence-electron chi connectivity index (χ0n) is 13.4. The Hall–Kier alpha value is -1.38. The third-order valence-corrected chi connectivity index (χ3v) is 4.10. The number of carbonyl (C=O) groups excluding carboxylic acids is 1. The summed E-state index contributed by atoms with van der Waals surface area (Å²) < 4.78 is 36.9. The van der Waals surface area contributed by atoms with E-state index in [1.54, 1.807) is 20.8 Å². The molecular weight excluding hydrogens is 308 g/mol. The molecule has 0 saturated heterocycles. The molecule has 0 atom stereocenters. The lowest BCUT2D eigenvalue weighted by Crippen LogP contribution is -2.40. The largest absolute Gasteiger partial charge is 0.438 e. The van der Waals surface area contributed by atoms with Crippen molar-refractivity contribution in [2.24, 2.45) is 0 Å². The maximum Gasteiger partial charge on any atom is 0.287 e. The highest BCUT2D eigenvalue weighted by Crippen LogP contribution is 2.16. The summed E-state index contributed by atoms with van der Waals surface area (Å²) in [5.74, 6) is -0.487. The van der Waals surface area contributed by atoms with Crippen molar-refractivity contribution in [1.82, 2.24) is 10.0 Å². The summed E-state index contributed by atoms with van der Waals surface area (Å²) in [6.07, 6.45) is 0.678. The number of amides is 1. The minimum absolute atomic E-state index is 0.0364. The number of hydrogen-bond donors (Lipinski definition) is 2. The second-order valence-corrected chi connectivity index (χ2v) is 7.39. The summed E-state index contributed by atoms with van der Waals surface area (Å²) in [5, 5.41) is 2.37. The van der Waals surface area contributed by atoms with Crippen molar-refractivity contribution in [1.29, 1.82) is 0 Å². The third kappa shape index (κ3) is 6.17. The molecule has 0 radical (unpaired) electrons. The molecule has 0 aromatic carbocycles. The number of furan rings is 1. The van der Waals surface area contributed by atoms with Crippen molar-refractivity contribution in [3.63, 3.8) is 0 Å². The van der Waals surface area contributed by atoms with Crippen LogP contribution in [0.25, 0.3) is 0 Å². The fourth-order valence-electron chi connectivity index (χ4n) is 1.65. The average molecular weight is 332 g/mol. The summed E-state index contributed by atoms with van der Waals surface area (Å²) in [5.41, 5.74) is -0.632. The number of carbonyl (C=O) groups is 1. The Kier molecular flexibility index (Phi) is 6.58. The van der Waals surface area contributed by atoms with E-state index in [0.717, 1.165) is 0 Å². The molecule has 1 aromatic rings. The lowest BCUT2D eigenvalue weighted by Gasteiger charge is -2.18. The first-order valence-electron chi connectivity index (χ1n) is 7.15. The SMILES string of the molecule is CCOCCCNC(=O)c1ccc(S(=O)(=O)NC(C)(C)C)o1. The Labute approximate surface area is 131 Å². The molecule has 0 unspecified atom stereocenters. The molecular formula is C14H24N2O5S. The second kappa shape index (κ2) is 7.75. The predicted octanol–water partition coefficient (Wildman–Crippen LogP) is 1.51. The molecule has 0 fully saturated rings. The molecule has 0 aliphatic rings. The van der Waals surface area contributed by atoms with Crippen LogP contribution < -0.4 is 10.0 Å². The molecule has 1 heterocycles. The Bertz CT molecular complexity index is 587. The Morgan fingerprint density at radius 2 is 2.00 bits per heavy atom. The molecule has 126 valence electrons. The van der Waals surface area contributed by atoms with Crippen LogP contribution in [0.15, 0.2) is 21.6 Å². The highest BCUT2D eigenvalue weighted by atomic mass is 32.2.